The van der Waals surface area contributed by atoms with Crippen LogP contribution in [0.15, 0.2) is 18.2 Å². The summed E-state index contributed by atoms with van der Waals surface area (Å²) in [5.74, 6) is 0.764. The Morgan fingerprint density at radius 1 is 1.50 bits per heavy atom. The SMILES string of the molecule is CCCOCC(=O)c1cccc2c1OCC2. The molecule has 0 aromatic heterocycles. The van der Waals surface area contributed by atoms with E-state index >= 15 is 0 Å². The first-order chi connectivity index (χ1) is 7.83. The van der Waals surface area contributed by atoms with E-state index in [0.717, 1.165) is 24.2 Å². The Kier molecular flexibility index (Phi) is 3.57. The van der Waals surface area contributed by atoms with E-state index in [1.54, 1.807) is 0 Å². The number of para-hydroxylation sites is 1. The van der Waals surface area contributed by atoms with Crippen LogP contribution in [-0.2, 0) is 11.2 Å². The third-order valence-corrected chi connectivity index (χ3v) is 2.60. The molecule has 1 aliphatic heterocycles. The summed E-state index contributed by atoms with van der Waals surface area (Å²) in [4.78, 5) is 11.9. The quantitative estimate of drug-likeness (QED) is 0.564. The van der Waals surface area contributed by atoms with Crippen LogP contribution in [0.3, 0.4) is 0 Å². The first-order valence-electron chi connectivity index (χ1n) is 5.68. The Morgan fingerprint density at radius 3 is 3.19 bits per heavy atom. The van der Waals surface area contributed by atoms with Gasteiger partial charge in [-0.05, 0) is 18.1 Å². The molecule has 0 aliphatic carbocycles. The van der Waals surface area contributed by atoms with Crippen LogP contribution in [0.1, 0.15) is 29.3 Å². The van der Waals surface area contributed by atoms with E-state index in [1.807, 2.05) is 25.1 Å². The molecule has 0 amide bonds. The fourth-order valence-electron chi connectivity index (χ4n) is 1.82. The zero-order valence-corrected chi connectivity index (χ0v) is 9.49. The second-order valence-corrected chi connectivity index (χ2v) is 3.87. The molecule has 3 nitrogen and oxygen atoms in total. The van der Waals surface area contributed by atoms with Crippen LogP contribution in [0.2, 0.25) is 0 Å². The minimum Gasteiger partial charge on any atom is -0.492 e. The second-order valence-electron chi connectivity index (χ2n) is 3.87. The Labute approximate surface area is 95.4 Å². The number of ether oxygens (including phenoxy) is 2. The number of hydrogen-bond acceptors (Lipinski definition) is 3. The van der Waals surface area contributed by atoms with Gasteiger partial charge >= 0.3 is 0 Å². The molecule has 1 aliphatic rings. The number of ketones is 1. The van der Waals surface area contributed by atoms with Gasteiger partial charge in [-0.3, -0.25) is 4.79 Å². The van der Waals surface area contributed by atoms with Gasteiger partial charge in [0, 0.05) is 13.0 Å². The van der Waals surface area contributed by atoms with Crippen molar-refractivity contribution in [2.45, 2.75) is 19.8 Å². The van der Waals surface area contributed by atoms with E-state index in [1.165, 1.54) is 0 Å². The molecule has 0 radical (unpaired) electrons. The lowest BCUT2D eigenvalue weighted by Gasteiger charge is -2.07. The van der Waals surface area contributed by atoms with Gasteiger partial charge in [0.2, 0.25) is 0 Å². The van der Waals surface area contributed by atoms with E-state index in [-0.39, 0.29) is 12.4 Å². The number of fused-ring (bicyclic) bond motifs is 1. The number of benzene rings is 1. The maximum atomic E-state index is 11.9. The van der Waals surface area contributed by atoms with Crippen molar-refractivity contribution in [1.29, 1.82) is 0 Å². The maximum Gasteiger partial charge on any atom is 0.192 e. The molecule has 16 heavy (non-hydrogen) atoms. The van der Waals surface area contributed by atoms with E-state index in [9.17, 15) is 4.79 Å². The highest BCUT2D eigenvalue weighted by Gasteiger charge is 2.19. The fourth-order valence-corrected chi connectivity index (χ4v) is 1.82. The van der Waals surface area contributed by atoms with E-state index in [2.05, 4.69) is 0 Å². The number of hydrogen-bond donors (Lipinski definition) is 0. The standard InChI is InChI=1S/C13H16O3/c1-2-7-15-9-12(14)11-5-3-4-10-6-8-16-13(10)11/h3-5H,2,6-9H2,1H3. The van der Waals surface area contributed by atoms with Gasteiger partial charge in [0.05, 0.1) is 12.2 Å². The molecule has 1 aromatic carbocycles. The summed E-state index contributed by atoms with van der Waals surface area (Å²) in [5, 5.41) is 0. The molecule has 0 saturated heterocycles. The summed E-state index contributed by atoms with van der Waals surface area (Å²) in [6, 6.07) is 5.72. The highest BCUT2D eigenvalue weighted by atomic mass is 16.5. The Hall–Kier alpha value is -1.35. The van der Waals surface area contributed by atoms with Crippen molar-refractivity contribution in [1.82, 2.24) is 0 Å². The molecule has 2 rings (SSSR count). The van der Waals surface area contributed by atoms with Crippen LogP contribution in [0.4, 0.5) is 0 Å². The minimum absolute atomic E-state index is 0.00667. The molecule has 3 heteroatoms. The van der Waals surface area contributed by atoms with Crippen molar-refractivity contribution in [3.63, 3.8) is 0 Å². The summed E-state index contributed by atoms with van der Waals surface area (Å²) in [6.45, 7) is 3.47. The van der Waals surface area contributed by atoms with Gasteiger partial charge < -0.3 is 9.47 Å². The molecule has 0 fully saturated rings. The molecular formula is C13H16O3. The average Bonchev–Trinajstić information content (AvgIpc) is 2.76. The highest BCUT2D eigenvalue weighted by Crippen LogP contribution is 2.29. The molecule has 0 N–H and O–H groups in total. The second kappa shape index (κ2) is 5.12. The predicted molar refractivity (Wildman–Crippen MR) is 61.1 cm³/mol. The van der Waals surface area contributed by atoms with Crippen molar-refractivity contribution in [2.75, 3.05) is 19.8 Å². The fraction of sp³-hybridized carbons (Fsp3) is 0.462. The number of rotatable bonds is 5. The first-order valence-corrected chi connectivity index (χ1v) is 5.68. The van der Waals surface area contributed by atoms with Gasteiger partial charge in [-0.25, -0.2) is 0 Å². The average molecular weight is 220 g/mol. The van der Waals surface area contributed by atoms with E-state index in [0.29, 0.717) is 18.8 Å². The molecule has 0 saturated carbocycles. The molecule has 0 unspecified atom stereocenters. The molecule has 0 atom stereocenters. The molecule has 86 valence electrons. The molecule has 0 spiro atoms. The van der Waals surface area contributed by atoms with Crippen molar-refractivity contribution < 1.29 is 14.3 Å². The van der Waals surface area contributed by atoms with Crippen LogP contribution in [0.5, 0.6) is 5.75 Å². The number of Topliss-reactive ketones (excluding diaryl/α,β-unsaturated/α-hetero) is 1. The summed E-state index contributed by atoms with van der Waals surface area (Å²) < 4.78 is 10.7. The zero-order chi connectivity index (χ0) is 11.4. The minimum atomic E-state index is 0.00667. The largest absolute Gasteiger partial charge is 0.492 e. The van der Waals surface area contributed by atoms with E-state index in [4.69, 9.17) is 9.47 Å². The lowest BCUT2D eigenvalue weighted by atomic mass is 10.1. The smallest absolute Gasteiger partial charge is 0.192 e. The van der Waals surface area contributed by atoms with Crippen LogP contribution >= 0.6 is 0 Å². The Morgan fingerprint density at radius 2 is 2.38 bits per heavy atom. The van der Waals surface area contributed by atoms with Gasteiger partial charge in [-0.15, -0.1) is 0 Å². The number of carbonyl (C=O) groups is 1. The van der Waals surface area contributed by atoms with Crippen molar-refractivity contribution in [2.24, 2.45) is 0 Å². The van der Waals surface area contributed by atoms with E-state index < -0.39 is 0 Å². The van der Waals surface area contributed by atoms with Crippen molar-refractivity contribution >= 4 is 5.78 Å². The topological polar surface area (TPSA) is 35.5 Å². The lowest BCUT2D eigenvalue weighted by Crippen LogP contribution is -2.10. The third-order valence-electron chi connectivity index (χ3n) is 2.60. The van der Waals surface area contributed by atoms with Gasteiger partial charge in [-0.1, -0.05) is 19.1 Å². The molecule has 1 heterocycles. The first kappa shape index (κ1) is 11.1. The molecule has 1 aromatic rings. The monoisotopic (exact) mass is 220 g/mol. The van der Waals surface area contributed by atoms with Crippen molar-refractivity contribution in [3.05, 3.63) is 29.3 Å². The maximum absolute atomic E-state index is 11.9. The van der Waals surface area contributed by atoms with Crippen molar-refractivity contribution in [3.8, 4) is 5.75 Å². The van der Waals surface area contributed by atoms with Crippen LogP contribution in [0, 0.1) is 0 Å². The normalized spacial score (nSPS) is 13.3. The molecular weight excluding hydrogens is 204 g/mol. The Bertz CT molecular complexity index is 385. The van der Waals surface area contributed by atoms with Gasteiger partial charge in [0.25, 0.3) is 0 Å². The van der Waals surface area contributed by atoms with Gasteiger partial charge in [0.1, 0.15) is 12.4 Å². The predicted octanol–water partition coefficient (Wildman–Crippen LogP) is 2.23. The van der Waals surface area contributed by atoms with Gasteiger partial charge in [-0.2, -0.15) is 0 Å². The summed E-state index contributed by atoms with van der Waals surface area (Å²) in [6.07, 6.45) is 1.82. The summed E-state index contributed by atoms with van der Waals surface area (Å²) in [7, 11) is 0. The number of carbonyl (C=O) groups excluding carboxylic acids is 1. The van der Waals surface area contributed by atoms with Crippen LogP contribution < -0.4 is 4.74 Å². The van der Waals surface area contributed by atoms with Crippen LogP contribution in [0.25, 0.3) is 0 Å². The van der Waals surface area contributed by atoms with Crippen LogP contribution in [-0.4, -0.2) is 25.6 Å². The van der Waals surface area contributed by atoms with Gasteiger partial charge in [0.15, 0.2) is 5.78 Å². The third kappa shape index (κ3) is 2.25. The summed E-state index contributed by atoms with van der Waals surface area (Å²) in [5.41, 5.74) is 1.78. The lowest BCUT2D eigenvalue weighted by molar-refractivity contribution is 0.0758. The Balaban J connectivity index is 2.09. The summed E-state index contributed by atoms with van der Waals surface area (Å²) >= 11 is 0. The zero-order valence-electron chi connectivity index (χ0n) is 9.49. The molecule has 0 bridgehead atoms. The highest BCUT2D eigenvalue weighted by molar-refractivity contribution is 6.00.